The van der Waals surface area contributed by atoms with Crippen LogP contribution in [0, 0.1) is 0 Å². The Labute approximate surface area is 82.2 Å². The van der Waals surface area contributed by atoms with Crippen LogP contribution in [-0.4, -0.2) is 34.6 Å². The standard InChI is InChI=1S/C9H15NO4/c1-5-6(2)14-9(13-5)3-8(10,4-9)7(11)12/h5-6H,3-4,10H2,1-2H3,(H,11,12)/t5-,6-/m1/s1. The highest BCUT2D eigenvalue weighted by atomic mass is 16.8. The Morgan fingerprint density at radius 1 is 1.36 bits per heavy atom. The summed E-state index contributed by atoms with van der Waals surface area (Å²) in [5, 5.41) is 8.83. The molecule has 5 nitrogen and oxygen atoms in total. The van der Waals surface area contributed by atoms with Crippen molar-refractivity contribution in [3.8, 4) is 0 Å². The molecule has 14 heavy (non-hydrogen) atoms. The summed E-state index contributed by atoms with van der Waals surface area (Å²) in [7, 11) is 0. The molecule has 5 heteroatoms. The molecular weight excluding hydrogens is 186 g/mol. The number of ether oxygens (including phenoxy) is 2. The number of hydrogen-bond acceptors (Lipinski definition) is 4. The molecular formula is C9H15NO4. The summed E-state index contributed by atoms with van der Waals surface area (Å²) in [5.41, 5.74) is 4.47. The molecule has 1 spiro atoms. The van der Waals surface area contributed by atoms with Gasteiger partial charge in [-0.15, -0.1) is 0 Å². The van der Waals surface area contributed by atoms with E-state index in [1.165, 1.54) is 0 Å². The van der Waals surface area contributed by atoms with Gasteiger partial charge < -0.3 is 20.3 Å². The maximum Gasteiger partial charge on any atom is 0.324 e. The maximum absolute atomic E-state index is 10.8. The van der Waals surface area contributed by atoms with Gasteiger partial charge in [-0.05, 0) is 13.8 Å². The fourth-order valence-corrected chi connectivity index (χ4v) is 2.12. The summed E-state index contributed by atoms with van der Waals surface area (Å²) in [6.07, 6.45) is 0.496. The van der Waals surface area contributed by atoms with Crippen LogP contribution >= 0.6 is 0 Å². The van der Waals surface area contributed by atoms with Gasteiger partial charge in [-0.1, -0.05) is 0 Å². The fraction of sp³-hybridized carbons (Fsp3) is 0.889. The molecule has 2 rings (SSSR count). The lowest BCUT2D eigenvalue weighted by molar-refractivity contribution is -0.250. The maximum atomic E-state index is 10.8. The SMILES string of the molecule is C[C@H]1OC2(CC(N)(C(=O)O)C2)O[C@@H]1C. The van der Waals surface area contributed by atoms with Gasteiger partial charge in [0, 0.05) is 12.8 Å². The van der Waals surface area contributed by atoms with Crippen molar-refractivity contribution >= 4 is 5.97 Å². The first-order valence-electron chi connectivity index (χ1n) is 4.75. The lowest BCUT2D eigenvalue weighted by atomic mass is 9.72. The van der Waals surface area contributed by atoms with Crippen LogP contribution in [0.4, 0.5) is 0 Å². The van der Waals surface area contributed by atoms with Gasteiger partial charge in [-0.3, -0.25) is 4.79 Å². The summed E-state index contributed by atoms with van der Waals surface area (Å²) >= 11 is 0. The molecule has 0 bridgehead atoms. The predicted octanol–water partition coefficient (Wildman–Crippen LogP) is 0.0824. The van der Waals surface area contributed by atoms with Gasteiger partial charge in [0.15, 0.2) is 5.79 Å². The van der Waals surface area contributed by atoms with Gasteiger partial charge in [0.1, 0.15) is 5.54 Å². The zero-order valence-corrected chi connectivity index (χ0v) is 8.32. The molecule has 1 saturated carbocycles. The zero-order chi connectivity index (χ0) is 10.6. The highest BCUT2D eigenvalue weighted by Crippen LogP contribution is 2.48. The van der Waals surface area contributed by atoms with E-state index in [4.69, 9.17) is 20.3 Å². The number of carbonyl (C=O) groups is 1. The minimum Gasteiger partial charge on any atom is -0.480 e. The van der Waals surface area contributed by atoms with Crippen LogP contribution in [0.2, 0.25) is 0 Å². The minimum absolute atomic E-state index is 0.00773. The molecule has 80 valence electrons. The topological polar surface area (TPSA) is 81.8 Å². The third-order valence-electron chi connectivity index (χ3n) is 3.06. The lowest BCUT2D eigenvalue weighted by Gasteiger charge is -2.47. The third-order valence-corrected chi connectivity index (χ3v) is 3.06. The van der Waals surface area contributed by atoms with E-state index in [0.717, 1.165) is 0 Å². The molecule has 0 unspecified atom stereocenters. The summed E-state index contributed by atoms with van der Waals surface area (Å²) in [6, 6.07) is 0. The molecule has 1 saturated heterocycles. The van der Waals surface area contributed by atoms with Crippen molar-refractivity contribution < 1.29 is 19.4 Å². The zero-order valence-electron chi connectivity index (χ0n) is 8.32. The monoisotopic (exact) mass is 201 g/mol. The van der Waals surface area contributed by atoms with Crippen molar-refractivity contribution in [3.63, 3.8) is 0 Å². The largest absolute Gasteiger partial charge is 0.480 e. The van der Waals surface area contributed by atoms with Crippen LogP contribution in [0.1, 0.15) is 26.7 Å². The van der Waals surface area contributed by atoms with E-state index in [1.54, 1.807) is 0 Å². The molecule has 0 aromatic heterocycles. The molecule has 0 aromatic rings. The van der Waals surface area contributed by atoms with E-state index in [1.807, 2.05) is 13.8 Å². The fourth-order valence-electron chi connectivity index (χ4n) is 2.12. The van der Waals surface area contributed by atoms with Gasteiger partial charge in [0.2, 0.25) is 0 Å². The first kappa shape index (κ1) is 9.89. The van der Waals surface area contributed by atoms with Crippen LogP contribution in [0.5, 0.6) is 0 Å². The van der Waals surface area contributed by atoms with Crippen molar-refractivity contribution in [2.75, 3.05) is 0 Å². The van der Waals surface area contributed by atoms with Gasteiger partial charge in [-0.25, -0.2) is 0 Å². The Balaban J connectivity index is 2.03. The number of carboxylic acid groups (broad SMARTS) is 1. The van der Waals surface area contributed by atoms with Gasteiger partial charge in [0.05, 0.1) is 12.2 Å². The molecule has 3 N–H and O–H groups in total. The second-order valence-corrected chi connectivity index (χ2v) is 4.37. The molecule has 2 fully saturated rings. The molecule has 1 aliphatic carbocycles. The van der Waals surface area contributed by atoms with Gasteiger partial charge >= 0.3 is 5.97 Å². The average molecular weight is 201 g/mol. The third kappa shape index (κ3) is 1.24. The first-order chi connectivity index (χ1) is 6.37. The Hall–Kier alpha value is -0.650. The summed E-state index contributed by atoms with van der Waals surface area (Å²) in [5.74, 6) is -1.71. The normalized spacial score (nSPS) is 38.2. The summed E-state index contributed by atoms with van der Waals surface area (Å²) in [6.45, 7) is 3.83. The highest BCUT2D eigenvalue weighted by molar-refractivity contribution is 5.80. The van der Waals surface area contributed by atoms with E-state index < -0.39 is 17.3 Å². The molecule has 0 radical (unpaired) electrons. The van der Waals surface area contributed by atoms with Crippen molar-refractivity contribution in [2.45, 2.75) is 50.2 Å². The van der Waals surface area contributed by atoms with Crippen LogP contribution < -0.4 is 5.73 Å². The lowest BCUT2D eigenvalue weighted by Crippen LogP contribution is -2.67. The van der Waals surface area contributed by atoms with E-state index in [2.05, 4.69) is 0 Å². The highest BCUT2D eigenvalue weighted by Gasteiger charge is 2.63. The smallest absolute Gasteiger partial charge is 0.324 e. The van der Waals surface area contributed by atoms with Crippen LogP contribution in [0.3, 0.4) is 0 Å². The summed E-state index contributed by atoms with van der Waals surface area (Å²) < 4.78 is 11.2. The van der Waals surface area contributed by atoms with Gasteiger partial charge in [-0.2, -0.15) is 0 Å². The van der Waals surface area contributed by atoms with Crippen molar-refractivity contribution in [1.82, 2.24) is 0 Å². The minimum atomic E-state index is -1.16. The van der Waals surface area contributed by atoms with Crippen LogP contribution in [0.25, 0.3) is 0 Å². The number of rotatable bonds is 1. The van der Waals surface area contributed by atoms with Crippen LogP contribution in [-0.2, 0) is 14.3 Å². The van der Waals surface area contributed by atoms with E-state index in [9.17, 15) is 4.79 Å². The molecule has 2 aliphatic rings. The second kappa shape index (κ2) is 2.68. The number of aliphatic carboxylic acids is 1. The first-order valence-corrected chi connectivity index (χ1v) is 4.75. The summed E-state index contributed by atoms with van der Waals surface area (Å²) in [4.78, 5) is 10.8. The molecule has 2 atom stereocenters. The Morgan fingerprint density at radius 3 is 2.14 bits per heavy atom. The quantitative estimate of drug-likeness (QED) is 0.628. The Bertz CT molecular complexity index is 260. The van der Waals surface area contributed by atoms with Gasteiger partial charge in [0.25, 0.3) is 0 Å². The van der Waals surface area contributed by atoms with E-state index in [-0.39, 0.29) is 25.0 Å². The van der Waals surface area contributed by atoms with Crippen molar-refractivity contribution in [3.05, 3.63) is 0 Å². The van der Waals surface area contributed by atoms with E-state index in [0.29, 0.717) is 0 Å². The average Bonchev–Trinajstić information content (AvgIpc) is 2.26. The molecule has 0 aromatic carbocycles. The molecule has 1 heterocycles. The Morgan fingerprint density at radius 2 is 1.79 bits per heavy atom. The number of carboxylic acids is 1. The van der Waals surface area contributed by atoms with Crippen LogP contribution in [0.15, 0.2) is 0 Å². The molecule has 1 aliphatic heterocycles. The second-order valence-electron chi connectivity index (χ2n) is 4.37. The molecule has 0 amide bonds. The van der Waals surface area contributed by atoms with Crippen molar-refractivity contribution in [2.24, 2.45) is 5.73 Å². The van der Waals surface area contributed by atoms with E-state index >= 15 is 0 Å². The Kier molecular flexibility index (Phi) is 1.90. The van der Waals surface area contributed by atoms with Crippen molar-refractivity contribution in [1.29, 1.82) is 0 Å². The number of hydrogen-bond donors (Lipinski definition) is 2. The predicted molar refractivity (Wildman–Crippen MR) is 47.6 cm³/mol. The number of nitrogens with two attached hydrogens (primary N) is 1.